The van der Waals surface area contributed by atoms with Gasteiger partial charge in [0.25, 0.3) is 0 Å². The number of methoxy groups -OCH3 is 1. The number of halogens is 3. The first kappa shape index (κ1) is 25.2. The molecule has 1 fully saturated rings. The molecule has 29 heavy (non-hydrogen) atoms. The first-order valence-electron chi connectivity index (χ1n) is 9.45. The number of nitrogens with one attached hydrogen (secondary N) is 3. The summed E-state index contributed by atoms with van der Waals surface area (Å²) in [5.74, 6) is 1.20. The largest absolute Gasteiger partial charge is 0.497 e. The number of benzene rings is 1. The highest BCUT2D eigenvalue weighted by atomic mass is 127. The lowest BCUT2D eigenvalue weighted by atomic mass is 10.2. The van der Waals surface area contributed by atoms with Gasteiger partial charge in [-0.15, -0.1) is 24.0 Å². The third-order valence-electron chi connectivity index (χ3n) is 4.05. The number of hydrogen-bond donors (Lipinski definition) is 3. The molecule has 0 unspecified atom stereocenters. The highest BCUT2D eigenvalue weighted by molar-refractivity contribution is 14.0. The molecule has 10 heteroatoms. The van der Waals surface area contributed by atoms with Crippen LogP contribution in [0.15, 0.2) is 23.2 Å². The monoisotopic (exact) mass is 526 g/mol. The highest BCUT2D eigenvalue weighted by Crippen LogP contribution is 2.26. The van der Waals surface area contributed by atoms with E-state index in [9.17, 15) is 13.6 Å². The summed E-state index contributed by atoms with van der Waals surface area (Å²) in [5.41, 5.74) is 0.487. The molecule has 1 aliphatic rings. The predicted molar refractivity (Wildman–Crippen MR) is 118 cm³/mol. The molecule has 0 bridgehead atoms. The van der Waals surface area contributed by atoms with Crippen molar-refractivity contribution < 1.29 is 23.0 Å². The minimum absolute atomic E-state index is 0. The van der Waals surface area contributed by atoms with Crippen molar-refractivity contribution in [2.75, 3.05) is 20.2 Å². The van der Waals surface area contributed by atoms with Gasteiger partial charge < -0.3 is 25.4 Å². The number of carbonyl (C=O) groups is 1. The van der Waals surface area contributed by atoms with E-state index in [0.717, 1.165) is 12.8 Å². The normalized spacial score (nSPS) is 13.5. The van der Waals surface area contributed by atoms with Crippen LogP contribution in [0.3, 0.4) is 0 Å². The molecule has 1 amide bonds. The van der Waals surface area contributed by atoms with Crippen molar-refractivity contribution in [1.29, 1.82) is 0 Å². The van der Waals surface area contributed by atoms with Crippen LogP contribution in [0.5, 0.6) is 11.5 Å². The molecule has 1 aromatic carbocycles. The Hall–Kier alpha value is -1.85. The van der Waals surface area contributed by atoms with Crippen LogP contribution in [0.25, 0.3) is 0 Å². The Morgan fingerprint density at radius 2 is 2.07 bits per heavy atom. The molecular weight excluding hydrogens is 497 g/mol. The summed E-state index contributed by atoms with van der Waals surface area (Å²) in [7, 11) is 1.50. The van der Waals surface area contributed by atoms with Crippen molar-refractivity contribution in [3.8, 4) is 11.5 Å². The lowest BCUT2D eigenvalue weighted by molar-refractivity contribution is -0.121. The summed E-state index contributed by atoms with van der Waals surface area (Å²) in [4.78, 5) is 16.1. The fraction of sp³-hybridized carbons (Fsp3) is 0.579. The van der Waals surface area contributed by atoms with Crippen LogP contribution in [0, 0.1) is 0 Å². The second-order valence-corrected chi connectivity index (χ2v) is 6.42. The lowest BCUT2D eigenvalue weighted by Crippen LogP contribution is -2.38. The van der Waals surface area contributed by atoms with E-state index in [1.54, 1.807) is 12.1 Å². The van der Waals surface area contributed by atoms with Crippen LogP contribution < -0.4 is 25.4 Å². The van der Waals surface area contributed by atoms with Crippen LogP contribution in [-0.4, -0.2) is 44.7 Å². The zero-order valence-corrected chi connectivity index (χ0v) is 19.0. The molecule has 164 valence electrons. The van der Waals surface area contributed by atoms with E-state index < -0.39 is 6.61 Å². The molecule has 0 heterocycles. The smallest absolute Gasteiger partial charge is 0.387 e. The number of guanidine groups is 1. The maximum atomic E-state index is 12.6. The summed E-state index contributed by atoms with van der Waals surface area (Å²) in [6, 6.07) is 4.98. The Balaban J connectivity index is 0.00000420. The maximum Gasteiger partial charge on any atom is 0.387 e. The van der Waals surface area contributed by atoms with E-state index in [2.05, 4.69) is 25.7 Å². The van der Waals surface area contributed by atoms with E-state index >= 15 is 0 Å². The van der Waals surface area contributed by atoms with Crippen LogP contribution in [0.2, 0.25) is 0 Å². The number of aliphatic imine (C=N–C) groups is 1. The first-order chi connectivity index (χ1) is 13.5. The highest BCUT2D eigenvalue weighted by Gasteiger charge is 2.22. The number of amides is 1. The molecule has 7 nitrogen and oxygen atoms in total. The molecule has 2 rings (SSSR count). The number of alkyl halides is 2. The van der Waals surface area contributed by atoms with Crippen LogP contribution in [0.1, 0.15) is 38.2 Å². The quantitative estimate of drug-likeness (QED) is 0.179. The van der Waals surface area contributed by atoms with Crippen LogP contribution in [-0.2, 0) is 11.3 Å². The van der Waals surface area contributed by atoms with Crippen LogP contribution in [0.4, 0.5) is 8.78 Å². The van der Waals surface area contributed by atoms with Gasteiger partial charge in [-0.1, -0.05) is 0 Å². The van der Waals surface area contributed by atoms with E-state index in [0.29, 0.717) is 49.2 Å². The third kappa shape index (κ3) is 9.95. The van der Waals surface area contributed by atoms with Gasteiger partial charge in [0.2, 0.25) is 5.91 Å². The minimum Gasteiger partial charge on any atom is -0.497 e. The third-order valence-corrected chi connectivity index (χ3v) is 4.05. The Bertz CT molecular complexity index is 673. The van der Waals surface area contributed by atoms with Gasteiger partial charge in [0.05, 0.1) is 13.7 Å². The molecule has 0 spiro atoms. The second-order valence-electron chi connectivity index (χ2n) is 6.42. The van der Waals surface area contributed by atoms with Crippen molar-refractivity contribution in [3.63, 3.8) is 0 Å². The van der Waals surface area contributed by atoms with Gasteiger partial charge >= 0.3 is 6.61 Å². The van der Waals surface area contributed by atoms with Crippen molar-refractivity contribution in [1.82, 2.24) is 16.0 Å². The molecule has 1 aromatic rings. The van der Waals surface area contributed by atoms with Crippen molar-refractivity contribution in [2.45, 2.75) is 51.8 Å². The van der Waals surface area contributed by atoms with E-state index in [4.69, 9.17) is 4.74 Å². The Labute approximate surface area is 187 Å². The minimum atomic E-state index is -2.91. The molecule has 3 N–H and O–H groups in total. The molecular formula is C19H29F2IN4O3. The van der Waals surface area contributed by atoms with Crippen molar-refractivity contribution in [3.05, 3.63) is 23.8 Å². The van der Waals surface area contributed by atoms with Gasteiger partial charge in [-0.2, -0.15) is 8.78 Å². The number of hydrogen-bond acceptors (Lipinski definition) is 4. The molecule has 1 aliphatic carbocycles. The average molecular weight is 526 g/mol. The molecule has 0 saturated heterocycles. The average Bonchev–Trinajstić information content (AvgIpc) is 3.47. The standard InChI is InChI=1S/C19H28F2N4O3.HI/c1-3-22-19(23-10-4-5-17(26)25-14-6-7-14)24-12-13-11-15(27-2)8-9-16(13)28-18(20)21;/h8-9,11,14,18H,3-7,10,12H2,1-2H3,(H,25,26)(H2,22,23,24);1H. The second kappa shape index (κ2) is 13.4. The van der Waals surface area contributed by atoms with Gasteiger partial charge in [-0.05, 0) is 44.4 Å². The van der Waals surface area contributed by atoms with E-state index in [-0.39, 0.29) is 42.2 Å². The molecule has 0 aliphatic heterocycles. The van der Waals surface area contributed by atoms with Gasteiger partial charge in [-0.25, -0.2) is 4.99 Å². The van der Waals surface area contributed by atoms with Gasteiger partial charge in [0.15, 0.2) is 5.96 Å². The first-order valence-corrected chi connectivity index (χ1v) is 9.45. The molecule has 0 aromatic heterocycles. The Morgan fingerprint density at radius 3 is 2.69 bits per heavy atom. The number of nitrogens with zero attached hydrogens (tertiary/aromatic N) is 1. The zero-order valence-electron chi connectivity index (χ0n) is 16.7. The van der Waals surface area contributed by atoms with E-state index in [1.807, 2.05) is 6.92 Å². The Kier molecular flexibility index (Phi) is 11.6. The number of carbonyl (C=O) groups excluding carboxylic acids is 1. The maximum absolute atomic E-state index is 12.6. The van der Waals surface area contributed by atoms with Crippen molar-refractivity contribution >= 4 is 35.8 Å². The summed E-state index contributed by atoms with van der Waals surface area (Å²) in [6.45, 7) is 0.368. The van der Waals surface area contributed by atoms with Gasteiger partial charge in [0.1, 0.15) is 11.5 Å². The molecule has 0 radical (unpaired) electrons. The lowest BCUT2D eigenvalue weighted by Gasteiger charge is -2.13. The SMILES string of the molecule is CCNC(=NCc1cc(OC)ccc1OC(F)F)NCCCC(=O)NC1CC1.I. The predicted octanol–water partition coefficient (Wildman–Crippen LogP) is 3.03. The summed E-state index contributed by atoms with van der Waals surface area (Å²) >= 11 is 0. The van der Waals surface area contributed by atoms with Crippen LogP contribution >= 0.6 is 24.0 Å². The summed E-state index contributed by atoms with van der Waals surface area (Å²) in [5, 5.41) is 9.18. The zero-order chi connectivity index (χ0) is 20.4. The van der Waals surface area contributed by atoms with Gasteiger partial charge in [-0.3, -0.25) is 4.79 Å². The molecule has 0 atom stereocenters. The topological polar surface area (TPSA) is 84.0 Å². The molecule has 1 saturated carbocycles. The number of ether oxygens (including phenoxy) is 2. The Morgan fingerprint density at radius 1 is 1.31 bits per heavy atom. The van der Waals surface area contributed by atoms with Gasteiger partial charge in [0, 0.05) is 31.1 Å². The summed E-state index contributed by atoms with van der Waals surface area (Å²) < 4.78 is 34.9. The fourth-order valence-electron chi connectivity index (χ4n) is 2.51. The fourth-order valence-corrected chi connectivity index (χ4v) is 2.51. The number of rotatable bonds is 11. The summed E-state index contributed by atoms with van der Waals surface area (Å²) in [6.07, 6.45) is 3.26. The van der Waals surface area contributed by atoms with Crippen molar-refractivity contribution in [2.24, 2.45) is 4.99 Å². The van der Waals surface area contributed by atoms with E-state index in [1.165, 1.54) is 13.2 Å².